The van der Waals surface area contributed by atoms with Gasteiger partial charge >= 0.3 is 0 Å². The number of hydrogen-bond donors (Lipinski definition) is 4. The van der Waals surface area contributed by atoms with Crippen LogP contribution in [0.2, 0.25) is 0 Å². The zero-order chi connectivity index (χ0) is 21.4. The van der Waals surface area contributed by atoms with Crippen molar-refractivity contribution in [1.29, 1.82) is 0 Å². The maximum absolute atomic E-state index is 13.3. The second-order valence-electron chi connectivity index (χ2n) is 6.53. The number of phenols is 1. The number of para-hydroxylation sites is 1. The van der Waals surface area contributed by atoms with Gasteiger partial charge in [-0.25, -0.2) is 17.2 Å². The predicted octanol–water partition coefficient (Wildman–Crippen LogP) is 2.08. The van der Waals surface area contributed by atoms with Crippen molar-refractivity contribution in [1.82, 2.24) is 4.31 Å². The predicted molar refractivity (Wildman–Crippen MR) is 102 cm³/mol. The van der Waals surface area contributed by atoms with Crippen LogP contribution >= 0.6 is 11.3 Å². The normalized spacial score (nSPS) is 18.3. The van der Waals surface area contributed by atoms with E-state index in [-0.39, 0.29) is 39.2 Å². The summed E-state index contributed by atoms with van der Waals surface area (Å²) in [5, 5.41) is 22.0. The number of carbonyl (C=O) groups is 1. The second-order valence-corrected chi connectivity index (χ2v) is 9.74. The number of nitrogens with zero attached hydrogens (tertiary/aromatic N) is 1. The van der Waals surface area contributed by atoms with Crippen molar-refractivity contribution in [3.05, 3.63) is 41.5 Å². The van der Waals surface area contributed by atoms with E-state index in [1.54, 1.807) is 0 Å². The van der Waals surface area contributed by atoms with Crippen LogP contribution in [0.5, 0.6) is 5.75 Å². The van der Waals surface area contributed by atoms with Crippen LogP contribution in [0.3, 0.4) is 0 Å². The number of carbonyl (C=O) groups excluding carboxylic acids is 1. The number of rotatable bonds is 5. The molecule has 5 N–H and O–H groups in total. The number of phenolic OH excluding ortho intramolecular Hbond substituents is 1. The summed E-state index contributed by atoms with van der Waals surface area (Å²) in [6.07, 6.45) is -2.75. The molecule has 1 saturated heterocycles. The molecule has 12 heteroatoms. The zero-order valence-electron chi connectivity index (χ0n) is 15.0. The van der Waals surface area contributed by atoms with Crippen molar-refractivity contribution in [2.75, 3.05) is 18.4 Å². The highest BCUT2D eigenvalue weighted by atomic mass is 32.2. The molecule has 2 heterocycles. The lowest BCUT2D eigenvalue weighted by molar-refractivity contribution is -0.0411. The molecular weight excluding hydrogens is 428 g/mol. The summed E-state index contributed by atoms with van der Waals surface area (Å²) in [5.74, 6) is -3.91. The Morgan fingerprint density at radius 1 is 1.28 bits per heavy atom. The van der Waals surface area contributed by atoms with Gasteiger partial charge in [0.2, 0.25) is 0 Å². The first-order valence-electron chi connectivity index (χ1n) is 8.56. The van der Waals surface area contributed by atoms with Crippen molar-refractivity contribution in [2.45, 2.75) is 29.2 Å². The van der Waals surface area contributed by atoms with Crippen LogP contribution in [-0.4, -0.2) is 47.9 Å². The molecule has 0 radical (unpaired) electrons. The van der Waals surface area contributed by atoms with E-state index in [0.29, 0.717) is 11.3 Å². The number of hydrogen-bond acceptors (Lipinski definition) is 7. The largest absolute Gasteiger partial charge is 0.507 e. The molecule has 1 aromatic heterocycles. The third kappa shape index (κ3) is 4.56. The molecule has 3 rings (SSSR count). The summed E-state index contributed by atoms with van der Waals surface area (Å²) in [6, 6.07) is 6.84. The molecule has 29 heavy (non-hydrogen) atoms. The van der Waals surface area contributed by atoms with E-state index in [2.05, 4.69) is 5.32 Å². The Kier molecular flexibility index (Phi) is 5.92. The maximum Gasteiger partial charge on any atom is 0.260 e. The van der Waals surface area contributed by atoms with Crippen LogP contribution in [0, 0.1) is 0 Å². The Morgan fingerprint density at radius 3 is 2.48 bits per heavy atom. The Bertz CT molecular complexity index is 1010. The highest BCUT2D eigenvalue weighted by molar-refractivity contribution is 7.91. The summed E-state index contributed by atoms with van der Waals surface area (Å²) in [7, 11) is -4.10. The number of aromatic hydroxyl groups is 1. The van der Waals surface area contributed by atoms with E-state index in [9.17, 15) is 32.2 Å². The fraction of sp³-hybridized carbons (Fsp3) is 0.353. The number of anilines is 1. The quantitative estimate of drug-likeness (QED) is 0.519. The molecule has 1 atom stereocenters. The van der Waals surface area contributed by atoms with Gasteiger partial charge in [0.1, 0.15) is 21.2 Å². The number of amides is 1. The van der Waals surface area contributed by atoms with Crippen molar-refractivity contribution < 1.29 is 32.2 Å². The van der Waals surface area contributed by atoms with Gasteiger partial charge in [0.15, 0.2) is 0 Å². The molecule has 1 aromatic carbocycles. The number of nitrogens with one attached hydrogen (secondary N) is 1. The molecule has 1 unspecified atom stereocenters. The summed E-state index contributed by atoms with van der Waals surface area (Å²) < 4.78 is 53.0. The molecule has 0 bridgehead atoms. The fourth-order valence-corrected chi connectivity index (χ4v) is 5.85. The fourth-order valence-electron chi connectivity index (χ4n) is 2.84. The van der Waals surface area contributed by atoms with Crippen molar-refractivity contribution in [3.63, 3.8) is 0 Å². The molecule has 2 aromatic rings. The molecule has 1 fully saturated rings. The molecule has 0 aliphatic carbocycles. The molecule has 0 saturated carbocycles. The highest BCUT2D eigenvalue weighted by Gasteiger charge is 2.39. The first kappa shape index (κ1) is 21.6. The number of thiophene rings is 1. The lowest BCUT2D eigenvalue weighted by Crippen LogP contribution is -2.42. The van der Waals surface area contributed by atoms with Crippen LogP contribution in [0.1, 0.15) is 35.0 Å². The average Bonchev–Trinajstić information content (AvgIpc) is 3.06. The minimum Gasteiger partial charge on any atom is -0.507 e. The van der Waals surface area contributed by atoms with Gasteiger partial charge in [-0.3, -0.25) is 4.79 Å². The van der Waals surface area contributed by atoms with Gasteiger partial charge in [-0.1, -0.05) is 12.1 Å². The van der Waals surface area contributed by atoms with E-state index in [0.717, 1.165) is 10.4 Å². The Balaban J connectivity index is 1.89. The molecule has 0 spiro atoms. The highest BCUT2D eigenvalue weighted by Crippen LogP contribution is 2.38. The molecule has 1 aliphatic rings. The number of aliphatic hydroxyl groups excluding tert-OH is 1. The smallest absolute Gasteiger partial charge is 0.260 e. The number of aliphatic hydroxyl groups is 1. The van der Waals surface area contributed by atoms with E-state index in [4.69, 9.17) is 5.73 Å². The zero-order valence-corrected chi connectivity index (χ0v) is 16.6. The average molecular weight is 447 g/mol. The minimum absolute atomic E-state index is 0.0193. The number of nitrogens with two attached hydrogens (primary N) is 1. The second kappa shape index (κ2) is 7.95. The van der Waals surface area contributed by atoms with Gasteiger partial charge in [0, 0.05) is 31.5 Å². The summed E-state index contributed by atoms with van der Waals surface area (Å²) in [4.78, 5) is 12.4. The monoisotopic (exact) mass is 447 g/mol. The van der Waals surface area contributed by atoms with Crippen LogP contribution in [0.4, 0.5) is 13.8 Å². The van der Waals surface area contributed by atoms with Gasteiger partial charge in [0.25, 0.3) is 21.9 Å². The number of benzene rings is 1. The number of sulfonamides is 1. The molecule has 1 amide bonds. The summed E-state index contributed by atoms with van der Waals surface area (Å²) >= 11 is 0.646. The van der Waals surface area contributed by atoms with Crippen LogP contribution in [0.25, 0.3) is 0 Å². The van der Waals surface area contributed by atoms with E-state index >= 15 is 0 Å². The topological polar surface area (TPSA) is 133 Å². The SMILES string of the molecule is NC(O)c1cc(S(=O)(=O)N2CCC(F)(F)CC2)sc1NC(=O)c1ccccc1O. The lowest BCUT2D eigenvalue weighted by Gasteiger charge is -2.30. The molecule has 8 nitrogen and oxygen atoms in total. The van der Waals surface area contributed by atoms with Crippen molar-refractivity contribution in [2.24, 2.45) is 5.73 Å². The minimum atomic E-state index is -4.10. The first-order chi connectivity index (χ1) is 13.5. The van der Waals surface area contributed by atoms with Crippen molar-refractivity contribution in [3.8, 4) is 5.75 Å². The molecule has 158 valence electrons. The van der Waals surface area contributed by atoms with Crippen molar-refractivity contribution >= 4 is 32.3 Å². The van der Waals surface area contributed by atoms with E-state index in [1.807, 2.05) is 0 Å². The van der Waals surface area contributed by atoms with Crippen LogP contribution in [0.15, 0.2) is 34.5 Å². The third-order valence-electron chi connectivity index (χ3n) is 4.48. The van der Waals surface area contributed by atoms with Gasteiger partial charge < -0.3 is 21.3 Å². The molecule has 1 aliphatic heterocycles. The van der Waals surface area contributed by atoms with Gasteiger partial charge in [-0.15, -0.1) is 11.3 Å². The standard InChI is InChI=1S/C17H19F2N3O5S2/c18-17(19)5-7-22(8-6-17)29(26,27)13-9-11(14(20)24)16(28-13)21-15(25)10-3-1-2-4-12(10)23/h1-4,9,14,23-24H,5-8,20H2,(H,21,25). The van der Waals surface area contributed by atoms with E-state index < -0.39 is 40.9 Å². The Labute approximate surface area is 169 Å². The lowest BCUT2D eigenvalue weighted by atomic mass is 10.1. The van der Waals surface area contributed by atoms with Crippen LogP contribution in [-0.2, 0) is 10.0 Å². The third-order valence-corrected chi connectivity index (χ3v) is 7.89. The number of piperidine rings is 1. The maximum atomic E-state index is 13.3. The summed E-state index contributed by atoms with van der Waals surface area (Å²) in [5.41, 5.74) is 5.39. The Morgan fingerprint density at radius 2 is 1.90 bits per heavy atom. The van der Waals surface area contributed by atoms with Gasteiger partial charge in [0.05, 0.1) is 5.56 Å². The molecular formula is C17H19F2N3O5S2. The summed E-state index contributed by atoms with van der Waals surface area (Å²) in [6.45, 7) is -0.680. The first-order valence-corrected chi connectivity index (χ1v) is 10.8. The number of alkyl halides is 2. The number of halogens is 2. The van der Waals surface area contributed by atoms with Gasteiger partial charge in [-0.2, -0.15) is 4.31 Å². The van der Waals surface area contributed by atoms with Crippen LogP contribution < -0.4 is 11.1 Å². The van der Waals surface area contributed by atoms with Gasteiger partial charge in [-0.05, 0) is 18.2 Å². The Hall–Kier alpha value is -2.12. The van der Waals surface area contributed by atoms with E-state index in [1.165, 1.54) is 24.3 Å².